The average molecular weight is 290 g/mol. The van der Waals surface area contributed by atoms with Crippen molar-refractivity contribution in [1.82, 2.24) is 5.32 Å². The maximum absolute atomic E-state index is 12.0. The van der Waals surface area contributed by atoms with Crippen molar-refractivity contribution < 1.29 is 4.79 Å². The number of nitrogens with two attached hydrogens (primary N) is 1. The lowest BCUT2D eigenvalue weighted by atomic mass is 9.86. The smallest absolute Gasteiger partial charge is 0.237 e. The molecule has 118 valence electrons. The lowest BCUT2D eigenvalue weighted by Crippen LogP contribution is -2.41. The SMILES string of the molecule is CCCCC(N)C(=O)NC(C)c1ccc(C(C)(C)C)cc1. The summed E-state index contributed by atoms with van der Waals surface area (Å²) in [5, 5.41) is 3.00. The van der Waals surface area contributed by atoms with Crippen LogP contribution in [-0.2, 0) is 10.2 Å². The summed E-state index contributed by atoms with van der Waals surface area (Å²) in [6.45, 7) is 10.7. The van der Waals surface area contributed by atoms with Crippen LogP contribution in [-0.4, -0.2) is 11.9 Å². The molecule has 0 aliphatic rings. The summed E-state index contributed by atoms with van der Waals surface area (Å²) in [6.07, 6.45) is 2.80. The van der Waals surface area contributed by atoms with Crippen LogP contribution in [0.3, 0.4) is 0 Å². The van der Waals surface area contributed by atoms with E-state index in [1.54, 1.807) is 0 Å². The Morgan fingerprint density at radius 1 is 1.24 bits per heavy atom. The highest BCUT2D eigenvalue weighted by Gasteiger charge is 2.17. The number of hydrogen-bond acceptors (Lipinski definition) is 2. The molecule has 0 saturated heterocycles. The van der Waals surface area contributed by atoms with Crippen LogP contribution in [0.25, 0.3) is 0 Å². The zero-order valence-electron chi connectivity index (χ0n) is 14.1. The molecule has 0 aliphatic carbocycles. The van der Waals surface area contributed by atoms with Gasteiger partial charge in [-0.15, -0.1) is 0 Å². The van der Waals surface area contributed by atoms with Gasteiger partial charge < -0.3 is 11.1 Å². The number of benzene rings is 1. The van der Waals surface area contributed by atoms with Crippen molar-refractivity contribution in [2.75, 3.05) is 0 Å². The topological polar surface area (TPSA) is 55.1 Å². The zero-order chi connectivity index (χ0) is 16.0. The van der Waals surface area contributed by atoms with Crippen molar-refractivity contribution in [1.29, 1.82) is 0 Å². The Bertz CT molecular complexity index is 445. The first-order chi connectivity index (χ1) is 9.75. The van der Waals surface area contributed by atoms with Gasteiger partial charge in [-0.25, -0.2) is 0 Å². The number of hydrogen-bond donors (Lipinski definition) is 2. The Morgan fingerprint density at radius 2 is 1.81 bits per heavy atom. The molecule has 3 nitrogen and oxygen atoms in total. The van der Waals surface area contributed by atoms with Crippen LogP contribution in [0.15, 0.2) is 24.3 Å². The normalized spacial score (nSPS) is 14.6. The van der Waals surface area contributed by atoms with Gasteiger partial charge in [0.15, 0.2) is 0 Å². The molecule has 1 aromatic carbocycles. The lowest BCUT2D eigenvalue weighted by molar-refractivity contribution is -0.123. The summed E-state index contributed by atoms with van der Waals surface area (Å²) < 4.78 is 0. The van der Waals surface area contributed by atoms with Gasteiger partial charge in [0, 0.05) is 0 Å². The fraction of sp³-hybridized carbons (Fsp3) is 0.611. The highest BCUT2D eigenvalue weighted by atomic mass is 16.2. The van der Waals surface area contributed by atoms with E-state index < -0.39 is 6.04 Å². The van der Waals surface area contributed by atoms with E-state index in [4.69, 9.17) is 5.73 Å². The first-order valence-corrected chi connectivity index (χ1v) is 7.92. The third kappa shape index (κ3) is 5.50. The monoisotopic (exact) mass is 290 g/mol. The molecule has 0 heterocycles. The Labute approximate surface area is 129 Å². The fourth-order valence-corrected chi connectivity index (χ4v) is 2.23. The van der Waals surface area contributed by atoms with Gasteiger partial charge in [0.2, 0.25) is 5.91 Å². The summed E-state index contributed by atoms with van der Waals surface area (Å²) in [6, 6.07) is 8.02. The molecule has 0 aromatic heterocycles. The van der Waals surface area contributed by atoms with E-state index in [1.165, 1.54) is 5.56 Å². The molecule has 2 unspecified atom stereocenters. The summed E-state index contributed by atoms with van der Waals surface area (Å²) in [5.41, 5.74) is 8.45. The third-order valence-electron chi connectivity index (χ3n) is 3.84. The minimum atomic E-state index is -0.402. The predicted molar refractivity (Wildman–Crippen MR) is 89.2 cm³/mol. The Balaban J connectivity index is 2.63. The standard InChI is InChI=1S/C18H30N2O/c1-6-7-8-16(19)17(21)20-13(2)14-9-11-15(12-10-14)18(3,4)5/h9-13,16H,6-8,19H2,1-5H3,(H,20,21). The second-order valence-corrected chi connectivity index (χ2v) is 6.85. The number of nitrogens with one attached hydrogen (secondary N) is 1. The van der Waals surface area contributed by atoms with E-state index >= 15 is 0 Å². The van der Waals surface area contributed by atoms with Gasteiger partial charge >= 0.3 is 0 Å². The summed E-state index contributed by atoms with van der Waals surface area (Å²) in [4.78, 5) is 12.0. The first kappa shape index (κ1) is 17.7. The van der Waals surface area contributed by atoms with Gasteiger partial charge in [-0.2, -0.15) is 0 Å². The molecule has 21 heavy (non-hydrogen) atoms. The van der Waals surface area contributed by atoms with Crippen LogP contribution in [0.5, 0.6) is 0 Å². The van der Waals surface area contributed by atoms with Crippen LogP contribution in [0.4, 0.5) is 0 Å². The van der Waals surface area contributed by atoms with Gasteiger partial charge in [-0.1, -0.05) is 64.8 Å². The van der Waals surface area contributed by atoms with Crippen molar-refractivity contribution in [2.45, 2.75) is 71.4 Å². The Morgan fingerprint density at radius 3 is 2.29 bits per heavy atom. The highest BCUT2D eigenvalue weighted by Crippen LogP contribution is 2.23. The quantitative estimate of drug-likeness (QED) is 0.839. The maximum atomic E-state index is 12.0. The highest BCUT2D eigenvalue weighted by molar-refractivity contribution is 5.81. The van der Waals surface area contributed by atoms with Gasteiger partial charge in [0.05, 0.1) is 12.1 Å². The van der Waals surface area contributed by atoms with Gasteiger partial charge in [-0.05, 0) is 29.9 Å². The molecule has 3 N–H and O–H groups in total. The van der Waals surface area contributed by atoms with E-state index in [0.29, 0.717) is 0 Å². The molecule has 1 amide bonds. The number of amides is 1. The average Bonchev–Trinajstić information content (AvgIpc) is 2.43. The number of carbonyl (C=O) groups excluding carboxylic acids is 1. The minimum Gasteiger partial charge on any atom is -0.348 e. The van der Waals surface area contributed by atoms with Crippen molar-refractivity contribution in [3.05, 3.63) is 35.4 Å². The molecule has 0 radical (unpaired) electrons. The van der Waals surface area contributed by atoms with Gasteiger partial charge in [0.1, 0.15) is 0 Å². The molecule has 0 fully saturated rings. The predicted octanol–water partition coefficient (Wildman–Crippen LogP) is 3.68. The van der Waals surface area contributed by atoms with Gasteiger partial charge in [0.25, 0.3) is 0 Å². The number of carbonyl (C=O) groups is 1. The summed E-state index contributed by atoms with van der Waals surface area (Å²) >= 11 is 0. The van der Waals surface area contributed by atoms with Crippen molar-refractivity contribution in [3.8, 4) is 0 Å². The second-order valence-electron chi connectivity index (χ2n) is 6.85. The molecule has 0 saturated carbocycles. The molecule has 0 bridgehead atoms. The van der Waals surface area contributed by atoms with Crippen LogP contribution in [0.1, 0.15) is 71.0 Å². The maximum Gasteiger partial charge on any atom is 0.237 e. The van der Waals surface area contributed by atoms with Gasteiger partial charge in [-0.3, -0.25) is 4.79 Å². The Hall–Kier alpha value is -1.35. The fourth-order valence-electron chi connectivity index (χ4n) is 2.23. The van der Waals surface area contributed by atoms with E-state index in [1.807, 2.05) is 6.92 Å². The largest absolute Gasteiger partial charge is 0.348 e. The molecular formula is C18H30N2O. The summed E-state index contributed by atoms with van der Waals surface area (Å²) in [5.74, 6) is -0.0594. The van der Waals surface area contributed by atoms with Crippen LogP contribution < -0.4 is 11.1 Å². The first-order valence-electron chi connectivity index (χ1n) is 7.92. The molecule has 1 rings (SSSR count). The zero-order valence-corrected chi connectivity index (χ0v) is 14.1. The molecule has 0 aliphatic heterocycles. The third-order valence-corrected chi connectivity index (χ3v) is 3.84. The van der Waals surface area contributed by atoms with Crippen molar-refractivity contribution in [2.24, 2.45) is 5.73 Å². The van der Waals surface area contributed by atoms with E-state index in [-0.39, 0.29) is 17.4 Å². The summed E-state index contributed by atoms with van der Waals surface area (Å²) in [7, 11) is 0. The van der Waals surface area contributed by atoms with Crippen molar-refractivity contribution >= 4 is 5.91 Å². The molecule has 0 spiro atoms. The Kier molecular flexibility index (Phi) is 6.41. The van der Waals surface area contributed by atoms with E-state index in [9.17, 15) is 4.79 Å². The van der Waals surface area contributed by atoms with Crippen LogP contribution in [0, 0.1) is 0 Å². The second kappa shape index (κ2) is 7.60. The van der Waals surface area contributed by atoms with E-state index in [2.05, 4.69) is 57.3 Å². The molecule has 3 heteroatoms. The molecular weight excluding hydrogens is 260 g/mol. The minimum absolute atomic E-state index is 0.0146. The number of unbranched alkanes of at least 4 members (excludes halogenated alkanes) is 1. The van der Waals surface area contributed by atoms with Crippen molar-refractivity contribution in [3.63, 3.8) is 0 Å². The lowest BCUT2D eigenvalue weighted by Gasteiger charge is -2.21. The van der Waals surface area contributed by atoms with E-state index in [0.717, 1.165) is 24.8 Å². The number of rotatable bonds is 6. The van der Waals surface area contributed by atoms with Crippen LogP contribution >= 0.6 is 0 Å². The molecule has 1 aromatic rings. The molecule has 2 atom stereocenters. The van der Waals surface area contributed by atoms with Crippen LogP contribution in [0.2, 0.25) is 0 Å².